The van der Waals surface area contributed by atoms with Crippen molar-refractivity contribution in [1.82, 2.24) is 19.3 Å². The third-order valence-electron chi connectivity index (χ3n) is 3.54. The third-order valence-corrected chi connectivity index (χ3v) is 4.40. The molecule has 0 saturated carbocycles. The molecule has 0 unspecified atom stereocenters. The van der Waals surface area contributed by atoms with Crippen LogP contribution in [0.2, 0.25) is 0 Å². The summed E-state index contributed by atoms with van der Waals surface area (Å²) in [5, 5.41) is 4.51. The average Bonchev–Trinajstić information content (AvgIpc) is 2.90. The van der Waals surface area contributed by atoms with Crippen LogP contribution in [-0.2, 0) is 13.5 Å². The van der Waals surface area contributed by atoms with E-state index in [1.165, 1.54) is 0 Å². The summed E-state index contributed by atoms with van der Waals surface area (Å²) in [6.45, 7) is 4.13. The third kappa shape index (κ3) is 1.75. The number of rotatable bonds is 2. The summed E-state index contributed by atoms with van der Waals surface area (Å²) >= 11 is 3.56. The van der Waals surface area contributed by atoms with Gasteiger partial charge < -0.3 is 5.73 Å². The van der Waals surface area contributed by atoms with Crippen molar-refractivity contribution in [3.63, 3.8) is 0 Å². The predicted octanol–water partition coefficient (Wildman–Crippen LogP) is 2.97. The van der Waals surface area contributed by atoms with Crippen LogP contribution in [0.1, 0.15) is 18.2 Å². The summed E-state index contributed by atoms with van der Waals surface area (Å²) in [4.78, 5) is 4.49. The number of nitrogens with two attached hydrogens (primary N) is 1. The van der Waals surface area contributed by atoms with Crippen LogP contribution in [0.4, 0.5) is 5.95 Å². The molecule has 1 aromatic carbocycles. The van der Waals surface area contributed by atoms with Gasteiger partial charge in [-0.3, -0.25) is 4.57 Å². The summed E-state index contributed by atoms with van der Waals surface area (Å²) < 4.78 is 4.86. The van der Waals surface area contributed by atoms with Crippen molar-refractivity contribution < 1.29 is 0 Å². The normalized spacial score (nSPS) is 11.4. The summed E-state index contributed by atoms with van der Waals surface area (Å²) in [7, 11) is 1.92. The van der Waals surface area contributed by atoms with Gasteiger partial charge in [-0.05, 0) is 31.0 Å². The molecule has 3 aromatic rings. The Bertz CT molecular complexity index is 800. The molecule has 0 radical (unpaired) electrons. The Hall–Kier alpha value is -1.82. The van der Waals surface area contributed by atoms with Crippen molar-refractivity contribution in [1.29, 1.82) is 0 Å². The first-order chi connectivity index (χ1) is 9.54. The van der Waals surface area contributed by atoms with Crippen molar-refractivity contribution >= 4 is 33.0 Å². The Labute approximate surface area is 125 Å². The van der Waals surface area contributed by atoms with Gasteiger partial charge in [0.05, 0.1) is 11.4 Å². The fourth-order valence-corrected chi connectivity index (χ4v) is 2.87. The van der Waals surface area contributed by atoms with Crippen LogP contribution < -0.4 is 5.73 Å². The standard InChI is InChI=1S/C14H16BrN5/c1-4-10-12-13(19(3)18-10)20(14(16)17-12)11-7-5-6-9(15)8(11)2/h5-7H,4H2,1-3H3,(H2,16,17). The van der Waals surface area contributed by atoms with E-state index in [4.69, 9.17) is 5.73 Å². The number of aryl methyl sites for hydroxylation is 2. The topological polar surface area (TPSA) is 61.7 Å². The number of nitrogen functional groups attached to an aromatic ring is 1. The fraction of sp³-hybridized carbons (Fsp3) is 0.286. The first kappa shape index (κ1) is 13.2. The molecule has 0 aliphatic rings. The smallest absolute Gasteiger partial charge is 0.207 e. The van der Waals surface area contributed by atoms with Gasteiger partial charge in [-0.2, -0.15) is 5.10 Å². The minimum absolute atomic E-state index is 0.490. The van der Waals surface area contributed by atoms with Gasteiger partial charge >= 0.3 is 0 Å². The van der Waals surface area contributed by atoms with E-state index < -0.39 is 0 Å². The van der Waals surface area contributed by atoms with E-state index >= 15 is 0 Å². The lowest BCUT2D eigenvalue weighted by atomic mass is 10.2. The first-order valence-electron chi connectivity index (χ1n) is 6.49. The Morgan fingerprint density at radius 3 is 2.80 bits per heavy atom. The quantitative estimate of drug-likeness (QED) is 0.784. The lowest BCUT2D eigenvalue weighted by Crippen LogP contribution is -2.06. The molecule has 2 N–H and O–H groups in total. The van der Waals surface area contributed by atoms with Gasteiger partial charge in [-0.25, -0.2) is 9.67 Å². The molecule has 3 rings (SSSR count). The first-order valence-corrected chi connectivity index (χ1v) is 7.29. The minimum Gasteiger partial charge on any atom is -0.369 e. The number of imidazole rings is 1. The summed E-state index contributed by atoms with van der Waals surface area (Å²) in [6.07, 6.45) is 0.839. The fourth-order valence-electron chi connectivity index (χ4n) is 2.51. The number of halogens is 1. The molecule has 2 aromatic heterocycles. The van der Waals surface area contributed by atoms with Gasteiger partial charge in [-0.1, -0.05) is 28.9 Å². The van der Waals surface area contributed by atoms with Crippen LogP contribution in [0.5, 0.6) is 0 Å². The van der Waals surface area contributed by atoms with Crippen molar-refractivity contribution in [3.05, 3.63) is 33.9 Å². The molecule has 0 aliphatic heterocycles. The van der Waals surface area contributed by atoms with Gasteiger partial charge in [0.2, 0.25) is 5.95 Å². The SMILES string of the molecule is CCc1nn(C)c2c1nc(N)n2-c1cccc(Br)c1C. The number of aromatic nitrogens is 4. The van der Waals surface area contributed by atoms with Gasteiger partial charge in [0.25, 0.3) is 0 Å². The molecule has 2 heterocycles. The zero-order chi connectivity index (χ0) is 14.4. The van der Waals surface area contributed by atoms with Gasteiger partial charge in [0, 0.05) is 11.5 Å². The van der Waals surface area contributed by atoms with Crippen LogP contribution in [0.15, 0.2) is 22.7 Å². The second-order valence-electron chi connectivity index (χ2n) is 4.79. The zero-order valence-corrected chi connectivity index (χ0v) is 13.3. The Balaban J connectivity index is 2.39. The number of hydrogen-bond acceptors (Lipinski definition) is 3. The molecule has 0 bridgehead atoms. The highest BCUT2D eigenvalue weighted by molar-refractivity contribution is 9.10. The molecule has 0 aliphatic carbocycles. The Morgan fingerprint density at radius 2 is 2.10 bits per heavy atom. The second-order valence-corrected chi connectivity index (χ2v) is 5.64. The molecule has 6 heteroatoms. The van der Waals surface area contributed by atoms with Crippen LogP contribution in [-0.4, -0.2) is 19.3 Å². The molecule has 20 heavy (non-hydrogen) atoms. The maximum absolute atomic E-state index is 6.14. The van der Waals surface area contributed by atoms with Gasteiger partial charge in [0.15, 0.2) is 5.65 Å². The van der Waals surface area contributed by atoms with Crippen molar-refractivity contribution in [2.75, 3.05) is 5.73 Å². The second kappa shape index (κ2) is 4.63. The number of benzene rings is 1. The Morgan fingerprint density at radius 1 is 1.35 bits per heavy atom. The van der Waals surface area contributed by atoms with E-state index in [0.29, 0.717) is 5.95 Å². The predicted molar refractivity (Wildman–Crippen MR) is 84.1 cm³/mol. The average molecular weight is 334 g/mol. The molecule has 0 spiro atoms. The molecular formula is C14H16BrN5. The molecule has 0 amide bonds. The van der Waals surface area contributed by atoms with E-state index in [9.17, 15) is 0 Å². The van der Waals surface area contributed by atoms with E-state index in [0.717, 1.165) is 39.0 Å². The number of fused-ring (bicyclic) bond motifs is 1. The summed E-state index contributed by atoms with van der Waals surface area (Å²) in [6, 6.07) is 6.05. The van der Waals surface area contributed by atoms with E-state index in [1.54, 1.807) is 0 Å². The molecule has 0 saturated heterocycles. The van der Waals surface area contributed by atoms with Crippen molar-refractivity contribution in [2.45, 2.75) is 20.3 Å². The largest absolute Gasteiger partial charge is 0.369 e. The highest BCUT2D eigenvalue weighted by Gasteiger charge is 2.19. The molecule has 104 valence electrons. The van der Waals surface area contributed by atoms with Crippen LogP contribution in [0.25, 0.3) is 16.9 Å². The van der Waals surface area contributed by atoms with E-state index in [2.05, 4.69) is 39.9 Å². The molecular weight excluding hydrogens is 318 g/mol. The van der Waals surface area contributed by atoms with Crippen molar-refractivity contribution in [2.24, 2.45) is 7.05 Å². The highest BCUT2D eigenvalue weighted by atomic mass is 79.9. The number of anilines is 1. The Kier molecular flexibility index (Phi) is 3.05. The van der Waals surface area contributed by atoms with Gasteiger partial charge in [0.1, 0.15) is 5.52 Å². The lowest BCUT2D eigenvalue weighted by Gasteiger charge is -2.11. The maximum atomic E-state index is 6.14. The van der Waals surface area contributed by atoms with Crippen LogP contribution in [0, 0.1) is 6.92 Å². The molecule has 0 atom stereocenters. The van der Waals surface area contributed by atoms with E-state index in [1.807, 2.05) is 34.5 Å². The number of hydrogen-bond donors (Lipinski definition) is 1. The van der Waals surface area contributed by atoms with Crippen LogP contribution in [0.3, 0.4) is 0 Å². The van der Waals surface area contributed by atoms with Gasteiger partial charge in [-0.15, -0.1) is 0 Å². The monoisotopic (exact) mass is 333 g/mol. The molecule has 0 fully saturated rings. The number of nitrogens with zero attached hydrogens (tertiary/aromatic N) is 4. The van der Waals surface area contributed by atoms with E-state index in [-0.39, 0.29) is 0 Å². The summed E-state index contributed by atoms with van der Waals surface area (Å²) in [5.74, 6) is 0.490. The summed E-state index contributed by atoms with van der Waals surface area (Å²) in [5.41, 5.74) is 11.1. The van der Waals surface area contributed by atoms with Crippen LogP contribution >= 0.6 is 15.9 Å². The highest BCUT2D eigenvalue weighted by Crippen LogP contribution is 2.29. The zero-order valence-electron chi connectivity index (χ0n) is 11.7. The minimum atomic E-state index is 0.490. The molecule has 5 nitrogen and oxygen atoms in total. The lowest BCUT2D eigenvalue weighted by molar-refractivity contribution is 0.751. The van der Waals surface area contributed by atoms with Crippen molar-refractivity contribution in [3.8, 4) is 5.69 Å². The maximum Gasteiger partial charge on any atom is 0.207 e.